The fourth-order valence-corrected chi connectivity index (χ4v) is 2.55. The Labute approximate surface area is 107 Å². The highest BCUT2D eigenvalue weighted by molar-refractivity contribution is 7.99. The quantitative estimate of drug-likeness (QED) is 0.769. The Morgan fingerprint density at radius 1 is 1.29 bits per heavy atom. The van der Waals surface area contributed by atoms with Gasteiger partial charge in [-0.15, -0.1) is 11.8 Å². The van der Waals surface area contributed by atoms with Gasteiger partial charge >= 0.3 is 6.09 Å². The lowest BCUT2D eigenvalue weighted by atomic mass is 10.4. The van der Waals surface area contributed by atoms with E-state index in [1.165, 1.54) is 0 Å². The third-order valence-corrected chi connectivity index (χ3v) is 3.47. The molecular formula is C13H19NO2S. The molecule has 4 heteroatoms. The molecule has 0 unspecified atom stereocenters. The molecule has 0 bridgehead atoms. The number of thioether (sulfide) groups is 1. The average Bonchev–Trinajstić information content (AvgIpc) is 2.79. The van der Waals surface area contributed by atoms with E-state index < -0.39 is 0 Å². The minimum absolute atomic E-state index is 0.176. The molecule has 0 radical (unpaired) electrons. The lowest BCUT2D eigenvalue weighted by molar-refractivity contribution is 0.108. The number of rotatable bonds is 1. The fraction of sp³-hybridized carbons (Fsp3) is 0.462. The minimum atomic E-state index is -0.176. The van der Waals surface area contributed by atoms with Crippen LogP contribution in [0.5, 0.6) is 0 Å². The second kappa shape index (κ2) is 8.01. The lowest BCUT2D eigenvalue weighted by Crippen LogP contribution is -2.34. The van der Waals surface area contributed by atoms with Crippen molar-refractivity contribution in [1.82, 2.24) is 4.90 Å². The van der Waals surface area contributed by atoms with Crippen molar-refractivity contribution < 1.29 is 9.53 Å². The van der Waals surface area contributed by atoms with E-state index in [2.05, 4.69) is 0 Å². The number of carbonyl (C=O) groups excluding carboxylic acids is 1. The van der Waals surface area contributed by atoms with Gasteiger partial charge < -0.3 is 4.74 Å². The molecule has 1 aromatic carbocycles. The molecule has 0 spiro atoms. The molecule has 1 heterocycles. The molecule has 0 saturated carbocycles. The van der Waals surface area contributed by atoms with E-state index in [1.807, 2.05) is 50.2 Å². The first-order valence-electron chi connectivity index (χ1n) is 5.77. The van der Waals surface area contributed by atoms with E-state index in [0.717, 1.165) is 11.6 Å². The van der Waals surface area contributed by atoms with E-state index in [1.54, 1.807) is 16.7 Å². The number of hydrogen-bond donors (Lipinski definition) is 0. The fourth-order valence-electron chi connectivity index (χ4n) is 1.36. The lowest BCUT2D eigenvalue weighted by Gasteiger charge is -2.18. The van der Waals surface area contributed by atoms with Crippen molar-refractivity contribution in [2.75, 3.05) is 18.2 Å². The molecule has 0 aliphatic carbocycles. The van der Waals surface area contributed by atoms with Crippen LogP contribution in [0.15, 0.2) is 36.4 Å². The van der Waals surface area contributed by atoms with Crippen LogP contribution in [0.4, 0.5) is 4.79 Å². The van der Waals surface area contributed by atoms with E-state index in [9.17, 15) is 4.79 Å². The molecule has 94 valence electrons. The summed E-state index contributed by atoms with van der Waals surface area (Å²) in [5.74, 6) is 1.80. The van der Waals surface area contributed by atoms with Gasteiger partial charge in [0.25, 0.3) is 0 Å². The normalized spacial score (nSPS) is 18.2. The molecule has 3 nitrogen and oxygen atoms in total. The van der Waals surface area contributed by atoms with Gasteiger partial charge in [-0.25, -0.2) is 4.79 Å². The summed E-state index contributed by atoms with van der Waals surface area (Å²) in [5.41, 5.74) is 0. The summed E-state index contributed by atoms with van der Waals surface area (Å²) in [6, 6.07) is 12.3. The summed E-state index contributed by atoms with van der Waals surface area (Å²) in [6.07, 6.45) is -0.176. The smallest absolute Gasteiger partial charge is 0.410 e. The maximum Gasteiger partial charge on any atom is 0.410 e. The Hall–Kier alpha value is -1.16. The zero-order chi connectivity index (χ0) is 12.5. The Bertz CT molecular complexity index is 292. The zero-order valence-electron chi connectivity index (χ0n) is 10.3. The largest absolute Gasteiger partial charge is 0.450 e. The highest BCUT2D eigenvalue weighted by Crippen LogP contribution is 2.20. The van der Waals surface area contributed by atoms with Gasteiger partial charge in [-0.1, -0.05) is 36.4 Å². The van der Waals surface area contributed by atoms with E-state index in [4.69, 9.17) is 4.74 Å². The standard InChI is InChI=1S/C7H13NO2S.C6H6/c1-3-10-7(9)8-5-11-4-6(8)2;1-2-4-6-5-3-1/h6H,3-5H2,1-2H3;1-6H/t6-;/m1./s1. The Morgan fingerprint density at radius 2 is 1.82 bits per heavy atom. The first-order chi connectivity index (χ1) is 8.25. The Kier molecular flexibility index (Phi) is 6.55. The van der Waals surface area contributed by atoms with Gasteiger partial charge in [-0.2, -0.15) is 0 Å². The topological polar surface area (TPSA) is 29.5 Å². The van der Waals surface area contributed by atoms with Crippen LogP contribution in [0, 0.1) is 0 Å². The predicted molar refractivity (Wildman–Crippen MR) is 72.1 cm³/mol. The maximum absolute atomic E-state index is 11.1. The van der Waals surface area contributed by atoms with Crippen LogP contribution in [-0.4, -0.2) is 35.3 Å². The average molecular weight is 253 g/mol. The number of hydrogen-bond acceptors (Lipinski definition) is 3. The molecule has 2 rings (SSSR count). The van der Waals surface area contributed by atoms with Crippen LogP contribution in [0.25, 0.3) is 0 Å². The third-order valence-electron chi connectivity index (χ3n) is 2.29. The molecule has 0 N–H and O–H groups in total. The molecular weight excluding hydrogens is 234 g/mol. The molecule has 1 aliphatic rings. The Morgan fingerprint density at radius 3 is 2.18 bits per heavy atom. The van der Waals surface area contributed by atoms with Gasteiger partial charge in [0.05, 0.1) is 12.5 Å². The third kappa shape index (κ3) is 5.13. The van der Waals surface area contributed by atoms with E-state index in [0.29, 0.717) is 12.6 Å². The number of amides is 1. The summed E-state index contributed by atoms with van der Waals surface area (Å²) in [6.45, 7) is 4.33. The number of carbonyl (C=O) groups is 1. The highest BCUT2D eigenvalue weighted by atomic mass is 32.2. The van der Waals surface area contributed by atoms with Crippen LogP contribution in [-0.2, 0) is 4.74 Å². The van der Waals surface area contributed by atoms with Crippen molar-refractivity contribution >= 4 is 17.9 Å². The van der Waals surface area contributed by atoms with Gasteiger partial charge in [-0.05, 0) is 13.8 Å². The summed E-state index contributed by atoms with van der Waals surface area (Å²) in [7, 11) is 0. The number of nitrogens with zero attached hydrogens (tertiary/aromatic N) is 1. The number of ether oxygens (including phenoxy) is 1. The summed E-state index contributed by atoms with van der Waals surface area (Å²) in [4.78, 5) is 12.9. The second-order valence-electron chi connectivity index (χ2n) is 3.67. The SMILES string of the molecule is CCOC(=O)N1CSC[C@H]1C.c1ccccc1. The number of benzene rings is 1. The highest BCUT2D eigenvalue weighted by Gasteiger charge is 2.26. The summed E-state index contributed by atoms with van der Waals surface area (Å²) in [5, 5.41) is 0. The maximum atomic E-state index is 11.1. The molecule has 1 aromatic rings. The minimum Gasteiger partial charge on any atom is -0.450 e. The van der Waals surface area contributed by atoms with Gasteiger partial charge in [0.15, 0.2) is 0 Å². The molecule has 1 aliphatic heterocycles. The van der Waals surface area contributed by atoms with Crippen LogP contribution < -0.4 is 0 Å². The first-order valence-corrected chi connectivity index (χ1v) is 6.92. The molecule has 17 heavy (non-hydrogen) atoms. The first kappa shape index (κ1) is 13.9. The van der Waals surface area contributed by atoms with Crippen molar-refractivity contribution in [2.45, 2.75) is 19.9 Å². The summed E-state index contributed by atoms with van der Waals surface area (Å²) < 4.78 is 4.87. The molecule has 1 amide bonds. The van der Waals surface area contributed by atoms with Crippen molar-refractivity contribution in [1.29, 1.82) is 0 Å². The molecule has 1 fully saturated rings. The van der Waals surface area contributed by atoms with Gasteiger partial charge in [-0.3, -0.25) is 4.90 Å². The van der Waals surface area contributed by atoms with Gasteiger partial charge in [0.1, 0.15) is 0 Å². The predicted octanol–water partition coefficient (Wildman–Crippen LogP) is 3.22. The summed E-state index contributed by atoms with van der Waals surface area (Å²) >= 11 is 1.77. The molecule has 0 aromatic heterocycles. The molecule has 1 atom stereocenters. The van der Waals surface area contributed by atoms with Crippen LogP contribution in [0.2, 0.25) is 0 Å². The Balaban J connectivity index is 0.000000202. The monoisotopic (exact) mass is 253 g/mol. The molecule has 1 saturated heterocycles. The zero-order valence-corrected chi connectivity index (χ0v) is 11.2. The van der Waals surface area contributed by atoms with E-state index >= 15 is 0 Å². The van der Waals surface area contributed by atoms with Gasteiger partial charge in [0.2, 0.25) is 0 Å². The second-order valence-corrected chi connectivity index (χ2v) is 4.67. The van der Waals surface area contributed by atoms with Crippen molar-refractivity contribution in [2.24, 2.45) is 0 Å². The van der Waals surface area contributed by atoms with Crippen molar-refractivity contribution in [3.05, 3.63) is 36.4 Å². The van der Waals surface area contributed by atoms with Crippen LogP contribution >= 0.6 is 11.8 Å². The van der Waals surface area contributed by atoms with Crippen LogP contribution in [0.3, 0.4) is 0 Å². The van der Waals surface area contributed by atoms with Crippen molar-refractivity contribution in [3.63, 3.8) is 0 Å². The van der Waals surface area contributed by atoms with E-state index in [-0.39, 0.29) is 6.09 Å². The van der Waals surface area contributed by atoms with Gasteiger partial charge in [0, 0.05) is 11.8 Å². The van der Waals surface area contributed by atoms with Crippen molar-refractivity contribution in [3.8, 4) is 0 Å². The van der Waals surface area contributed by atoms with Crippen LogP contribution in [0.1, 0.15) is 13.8 Å².